The number of imidazole rings is 1. The van der Waals surface area contributed by atoms with Gasteiger partial charge in [-0.05, 0) is 52.3 Å². The average molecular weight is 386 g/mol. The number of para-hydroxylation sites is 2. The molecule has 3 aromatic rings. The molecule has 1 atom stereocenters. The van der Waals surface area contributed by atoms with Crippen molar-refractivity contribution in [2.24, 2.45) is 7.05 Å². The first-order valence-corrected chi connectivity index (χ1v) is 8.49. The standard InChI is InChI=1S/C17H12BrN3OS/c1-21-14-5-3-2-4-13(14)20-17(21)12(10-19)15(22)8-6-11-7-9-16(18)23-11/h2-9,12H,1H3/b8-6+. The number of halogens is 1. The van der Waals surface area contributed by atoms with Crippen molar-refractivity contribution < 1.29 is 4.79 Å². The highest BCUT2D eigenvalue weighted by Crippen LogP contribution is 2.25. The zero-order valence-corrected chi connectivity index (χ0v) is 14.6. The number of benzene rings is 1. The Morgan fingerprint density at radius 3 is 2.83 bits per heavy atom. The van der Waals surface area contributed by atoms with E-state index in [9.17, 15) is 10.1 Å². The van der Waals surface area contributed by atoms with Gasteiger partial charge < -0.3 is 4.57 Å². The fraction of sp³-hybridized carbons (Fsp3) is 0.118. The molecule has 0 radical (unpaired) electrons. The normalized spacial score (nSPS) is 12.6. The molecule has 2 heterocycles. The van der Waals surface area contributed by atoms with E-state index in [4.69, 9.17) is 0 Å². The maximum absolute atomic E-state index is 12.4. The summed E-state index contributed by atoms with van der Waals surface area (Å²) < 4.78 is 2.80. The van der Waals surface area contributed by atoms with E-state index in [0.717, 1.165) is 19.7 Å². The highest BCUT2D eigenvalue weighted by molar-refractivity contribution is 9.11. The minimum atomic E-state index is -0.910. The van der Waals surface area contributed by atoms with Crippen molar-refractivity contribution in [3.05, 3.63) is 57.0 Å². The third kappa shape index (κ3) is 3.11. The van der Waals surface area contributed by atoms with Crippen molar-refractivity contribution in [2.75, 3.05) is 0 Å². The predicted molar refractivity (Wildman–Crippen MR) is 95.1 cm³/mol. The van der Waals surface area contributed by atoms with Crippen LogP contribution in [0.1, 0.15) is 16.6 Å². The lowest BCUT2D eigenvalue weighted by atomic mass is 10.0. The second-order valence-electron chi connectivity index (χ2n) is 4.96. The van der Waals surface area contributed by atoms with Crippen molar-refractivity contribution in [1.29, 1.82) is 5.26 Å². The Morgan fingerprint density at radius 1 is 1.39 bits per heavy atom. The van der Waals surface area contributed by atoms with Crippen LogP contribution in [-0.2, 0) is 11.8 Å². The van der Waals surface area contributed by atoms with Crippen LogP contribution >= 0.6 is 27.3 Å². The Balaban J connectivity index is 1.92. The van der Waals surface area contributed by atoms with Crippen LogP contribution in [0.5, 0.6) is 0 Å². The minimum absolute atomic E-state index is 0.268. The maximum Gasteiger partial charge on any atom is 0.180 e. The second kappa shape index (κ2) is 6.49. The molecule has 1 aromatic carbocycles. The van der Waals surface area contributed by atoms with Crippen molar-refractivity contribution in [1.82, 2.24) is 9.55 Å². The first-order valence-electron chi connectivity index (χ1n) is 6.88. The molecule has 0 aliphatic rings. The highest BCUT2D eigenvalue weighted by Gasteiger charge is 2.23. The number of rotatable bonds is 4. The average Bonchev–Trinajstić information content (AvgIpc) is 3.11. The molecule has 0 fully saturated rings. The van der Waals surface area contributed by atoms with E-state index in [2.05, 4.69) is 27.0 Å². The first kappa shape index (κ1) is 15.7. The molecule has 0 saturated heterocycles. The van der Waals surface area contributed by atoms with Crippen LogP contribution in [0.3, 0.4) is 0 Å². The van der Waals surface area contributed by atoms with Crippen LogP contribution in [0.4, 0.5) is 0 Å². The smallest absolute Gasteiger partial charge is 0.180 e. The van der Waals surface area contributed by atoms with Gasteiger partial charge in [0.05, 0.1) is 20.9 Å². The van der Waals surface area contributed by atoms with Gasteiger partial charge in [-0.2, -0.15) is 5.26 Å². The third-order valence-corrected chi connectivity index (χ3v) is 5.09. The summed E-state index contributed by atoms with van der Waals surface area (Å²) in [5, 5.41) is 9.44. The molecule has 0 bridgehead atoms. The Hall–Kier alpha value is -2.23. The van der Waals surface area contributed by atoms with E-state index < -0.39 is 5.92 Å². The van der Waals surface area contributed by atoms with Crippen LogP contribution in [0.25, 0.3) is 17.1 Å². The van der Waals surface area contributed by atoms with Crippen molar-refractivity contribution in [3.8, 4) is 6.07 Å². The summed E-state index contributed by atoms with van der Waals surface area (Å²) in [5.41, 5.74) is 1.69. The lowest BCUT2D eigenvalue weighted by Crippen LogP contribution is -2.13. The van der Waals surface area contributed by atoms with Crippen molar-refractivity contribution >= 4 is 50.2 Å². The second-order valence-corrected chi connectivity index (χ2v) is 7.45. The number of aryl methyl sites for hydroxylation is 1. The van der Waals surface area contributed by atoms with Crippen LogP contribution in [0.15, 0.2) is 46.3 Å². The van der Waals surface area contributed by atoms with E-state index in [0.29, 0.717) is 5.82 Å². The van der Waals surface area contributed by atoms with Gasteiger partial charge in [0.15, 0.2) is 11.7 Å². The number of carbonyl (C=O) groups excluding carboxylic acids is 1. The monoisotopic (exact) mass is 385 g/mol. The molecule has 114 valence electrons. The molecule has 0 N–H and O–H groups in total. The largest absolute Gasteiger partial charge is 0.330 e. The molecule has 6 heteroatoms. The number of aromatic nitrogens is 2. The molecular weight excluding hydrogens is 374 g/mol. The van der Waals surface area contributed by atoms with Gasteiger partial charge in [-0.1, -0.05) is 12.1 Å². The van der Waals surface area contributed by atoms with Gasteiger partial charge >= 0.3 is 0 Å². The molecule has 4 nitrogen and oxygen atoms in total. The van der Waals surface area contributed by atoms with Crippen LogP contribution in [0.2, 0.25) is 0 Å². The molecule has 0 spiro atoms. The number of hydrogen-bond acceptors (Lipinski definition) is 4. The van der Waals surface area contributed by atoms with Gasteiger partial charge in [-0.3, -0.25) is 4.79 Å². The molecule has 0 aliphatic carbocycles. The molecule has 1 unspecified atom stereocenters. The molecule has 2 aromatic heterocycles. The summed E-state index contributed by atoms with van der Waals surface area (Å²) >= 11 is 4.91. The number of allylic oxidation sites excluding steroid dienone is 1. The van der Waals surface area contributed by atoms with Crippen molar-refractivity contribution in [2.45, 2.75) is 5.92 Å². The van der Waals surface area contributed by atoms with Gasteiger partial charge in [0.25, 0.3) is 0 Å². The van der Waals surface area contributed by atoms with Gasteiger partial charge in [0.2, 0.25) is 0 Å². The number of carbonyl (C=O) groups is 1. The molecule has 0 amide bonds. The lowest BCUT2D eigenvalue weighted by molar-refractivity contribution is -0.115. The summed E-state index contributed by atoms with van der Waals surface area (Å²) in [7, 11) is 1.82. The van der Waals surface area contributed by atoms with Gasteiger partial charge in [-0.25, -0.2) is 4.98 Å². The predicted octanol–water partition coefficient (Wildman–Crippen LogP) is 4.29. The number of fused-ring (bicyclic) bond motifs is 1. The molecular formula is C17H12BrN3OS. The maximum atomic E-state index is 12.4. The van der Waals surface area contributed by atoms with Crippen LogP contribution < -0.4 is 0 Å². The third-order valence-electron chi connectivity index (χ3n) is 3.50. The van der Waals surface area contributed by atoms with Crippen LogP contribution in [-0.4, -0.2) is 15.3 Å². The van der Waals surface area contributed by atoms with Crippen molar-refractivity contribution in [3.63, 3.8) is 0 Å². The number of thiophene rings is 1. The summed E-state index contributed by atoms with van der Waals surface area (Å²) in [6.45, 7) is 0. The quantitative estimate of drug-likeness (QED) is 0.629. The van der Waals surface area contributed by atoms with Gasteiger partial charge in [-0.15, -0.1) is 11.3 Å². The van der Waals surface area contributed by atoms with E-state index in [1.165, 1.54) is 17.4 Å². The molecule has 0 saturated carbocycles. The first-order chi connectivity index (χ1) is 11.1. The topological polar surface area (TPSA) is 58.7 Å². The Morgan fingerprint density at radius 2 is 2.17 bits per heavy atom. The number of ketones is 1. The molecule has 23 heavy (non-hydrogen) atoms. The molecule has 3 rings (SSSR count). The lowest BCUT2D eigenvalue weighted by Gasteiger charge is -2.05. The fourth-order valence-corrected chi connectivity index (χ4v) is 3.68. The summed E-state index contributed by atoms with van der Waals surface area (Å²) in [5.74, 6) is -0.710. The van der Waals surface area contributed by atoms with E-state index >= 15 is 0 Å². The Bertz CT molecular complexity index is 948. The van der Waals surface area contributed by atoms with Gasteiger partial charge in [0, 0.05) is 11.9 Å². The molecule has 0 aliphatic heterocycles. The summed E-state index contributed by atoms with van der Waals surface area (Å²) in [6, 6.07) is 13.5. The van der Waals surface area contributed by atoms with Gasteiger partial charge in [0.1, 0.15) is 5.82 Å². The summed E-state index contributed by atoms with van der Waals surface area (Å²) in [4.78, 5) is 17.8. The minimum Gasteiger partial charge on any atom is -0.330 e. The highest BCUT2D eigenvalue weighted by atomic mass is 79.9. The Labute approximate surface area is 145 Å². The van der Waals surface area contributed by atoms with E-state index in [-0.39, 0.29) is 5.78 Å². The zero-order valence-electron chi connectivity index (χ0n) is 12.2. The van der Waals surface area contributed by atoms with E-state index in [1.54, 1.807) is 10.6 Å². The number of hydrogen-bond donors (Lipinski definition) is 0. The van der Waals surface area contributed by atoms with Crippen LogP contribution in [0, 0.1) is 11.3 Å². The number of nitriles is 1. The fourth-order valence-electron chi connectivity index (χ4n) is 2.35. The van der Waals surface area contributed by atoms with E-state index in [1.807, 2.05) is 43.4 Å². The summed E-state index contributed by atoms with van der Waals surface area (Å²) in [6.07, 6.45) is 3.18. The number of nitrogens with zero attached hydrogens (tertiary/aromatic N) is 3. The Kier molecular flexibility index (Phi) is 4.42. The zero-order chi connectivity index (χ0) is 16.4. The SMILES string of the molecule is Cn1c(C(C#N)C(=O)/C=C/c2ccc(Br)s2)nc2ccccc21.